The molecule has 0 heterocycles. The van der Waals surface area contributed by atoms with Gasteiger partial charge < -0.3 is 10.4 Å². The van der Waals surface area contributed by atoms with Crippen LogP contribution in [0.4, 0.5) is 8.78 Å². The van der Waals surface area contributed by atoms with E-state index < -0.39 is 41.5 Å². The highest BCUT2D eigenvalue weighted by Crippen LogP contribution is 2.14. The SMILES string of the molecule is N#Cc1ccccc1C[C@@H](NC(=O)Cc1c(F)cccc1F)C(=O)O. The number of amides is 1. The topological polar surface area (TPSA) is 90.2 Å². The van der Waals surface area contributed by atoms with Crippen molar-refractivity contribution >= 4 is 11.9 Å². The molecule has 2 rings (SSSR count). The summed E-state index contributed by atoms with van der Waals surface area (Å²) in [7, 11) is 0. The summed E-state index contributed by atoms with van der Waals surface area (Å²) < 4.78 is 27.2. The first-order valence-electron chi connectivity index (χ1n) is 7.35. The van der Waals surface area contributed by atoms with E-state index in [0.717, 1.165) is 12.1 Å². The van der Waals surface area contributed by atoms with Crippen LogP contribution in [0, 0.1) is 23.0 Å². The summed E-state index contributed by atoms with van der Waals surface area (Å²) in [6, 6.07) is 10.2. The number of carboxylic acid groups (broad SMARTS) is 1. The van der Waals surface area contributed by atoms with E-state index in [2.05, 4.69) is 5.32 Å². The maximum absolute atomic E-state index is 13.6. The van der Waals surface area contributed by atoms with Crippen LogP contribution in [0.2, 0.25) is 0 Å². The molecule has 2 N–H and O–H groups in total. The third-order valence-corrected chi connectivity index (χ3v) is 3.59. The molecule has 0 saturated heterocycles. The molecule has 2 aromatic rings. The van der Waals surface area contributed by atoms with Crippen LogP contribution >= 0.6 is 0 Å². The van der Waals surface area contributed by atoms with Gasteiger partial charge in [-0.15, -0.1) is 0 Å². The van der Waals surface area contributed by atoms with Gasteiger partial charge in [0.25, 0.3) is 0 Å². The summed E-state index contributed by atoms with van der Waals surface area (Å²) in [5.41, 5.74) is 0.319. The highest BCUT2D eigenvalue weighted by molar-refractivity contribution is 5.85. The Morgan fingerprint density at radius 1 is 1.12 bits per heavy atom. The Morgan fingerprint density at radius 2 is 1.76 bits per heavy atom. The number of carbonyl (C=O) groups is 2. The van der Waals surface area contributed by atoms with Crippen LogP contribution in [0.1, 0.15) is 16.7 Å². The van der Waals surface area contributed by atoms with Gasteiger partial charge in [-0.25, -0.2) is 13.6 Å². The number of carboxylic acids is 1. The van der Waals surface area contributed by atoms with Gasteiger partial charge in [-0.1, -0.05) is 24.3 Å². The number of nitrogens with one attached hydrogen (secondary N) is 1. The van der Waals surface area contributed by atoms with Gasteiger partial charge in [-0.3, -0.25) is 4.79 Å². The van der Waals surface area contributed by atoms with Gasteiger partial charge in [0, 0.05) is 12.0 Å². The molecule has 2 aromatic carbocycles. The van der Waals surface area contributed by atoms with Gasteiger partial charge in [-0.05, 0) is 23.8 Å². The average molecular weight is 344 g/mol. The first kappa shape index (κ1) is 18.1. The zero-order chi connectivity index (χ0) is 18.4. The third kappa shape index (κ3) is 4.61. The number of hydrogen-bond donors (Lipinski definition) is 2. The normalized spacial score (nSPS) is 11.4. The van der Waals surface area contributed by atoms with Crippen molar-refractivity contribution in [1.29, 1.82) is 5.26 Å². The lowest BCUT2D eigenvalue weighted by Gasteiger charge is -2.15. The van der Waals surface area contributed by atoms with E-state index in [1.165, 1.54) is 12.1 Å². The summed E-state index contributed by atoms with van der Waals surface area (Å²) in [5.74, 6) is -3.89. The third-order valence-electron chi connectivity index (χ3n) is 3.59. The smallest absolute Gasteiger partial charge is 0.326 e. The summed E-state index contributed by atoms with van der Waals surface area (Å²) in [6.45, 7) is 0. The monoisotopic (exact) mass is 344 g/mol. The van der Waals surface area contributed by atoms with Gasteiger partial charge >= 0.3 is 5.97 Å². The van der Waals surface area contributed by atoms with E-state index in [4.69, 9.17) is 5.26 Å². The molecule has 5 nitrogen and oxygen atoms in total. The number of hydrogen-bond acceptors (Lipinski definition) is 3. The lowest BCUT2D eigenvalue weighted by Crippen LogP contribution is -2.43. The van der Waals surface area contributed by atoms with Crippen LogP contribution in [-0.4, -0.2) is 23.0 Å². The maximum atomic E-state index is 13.6. The number of carbonyl (C=O) groups excluding carboxylic acids is 1. The van der Waals surface area contributed by atoms with E-state index in [1.807, 2.05) is 6.07 Å². The highest BCUT2D eigenvalue weighted by Gasteiger charge is 2.23. The van der Waals surface area contributed by atoms with Crippen molar-refractivity contribution in [3.8, 4) is 6.07 Å². The number of nitriles is 1. The lowest BCUT2D eigenvalue weighted by molar-refractivity contribution is -0.141. The number of nitrogens with zero attached hydrogens (tertiary/aromatic N) is 1. The van der Waals surface area contributed by atoms with Crippen molar-refractivity contribution in [1.82, 2.24) is 5.32 Å². The van der Waals surface area contributed by atoms with Crippen molar-refractivity contribution < 1.29 is 23.5 Å². The molecular formula is C18H14F2N2O3. The molecule has 1 amide bonds. The van der Waals surface area contributed by atoms with Crippen LogP contribution in [-0.2, 0) is 22.4 Å². The largest absolute Gasteiger partial charge is 0.480 e. The quantitative estimate of drug-likeness (QED) is 0.840. The predicted molar refractivity (Wildman–Crippen MR) is 84.5 cm³/mol. The van der Waals surface area contributed by atoms with E-state index in [0.29, 0.717) is 11.1 Å². The Morgan fingerprint density at radius 3 is 2.36 bits per heavy atom. The van der Waals surface area contributed by atoms with Crippen molar-refractivity contribution in [3.05, 3.63) is 70.8 Å². The number of rotatable bonds is 6. The van der Waals surface area contributed by atoms with Crippen LogP contribution in [0.5, 0.6) is 0 Å². The molecule has 0 aromatic heterocycles. The molecular weight excluding hydrogens is 330 g/mol. The second-order valence-corrected chi connectivity index (χ2v) is 5.31. The Labute approximate surface area is 142 Å². The average Bonchev–Trinajstić information content (AvgIpc) is 2.58. The number of halogens is 2. The molecule has 0 saturated carbocycles. The molecule has 0 aliphatic carbocycles. The van der Waals surface area contributed by atoms with E-state index in [-0.39, 0.29) is 6.42 Å². The molecule has 0 aliphatic heterocycles. The summed E-state index contributed by atoms with van der Waals surface area (Å²) >= 11 is 0. The Bertz CT molecular complexity index is 826. The summed E-state index contributed by atoms with van der Waals surface area (Å²) in [6.07, 6.45) is -0.743. The standard InChI is InChI=1S/C18H14F2N2O3/c19-14-6-3-7-15(20)13(14)9-17(23)22-16(18(24)25)8-11-4-1-2-5-12(11)10-21/h1-7,16H,8-9H2,(H,22,23)(H,24,25)/t16-/m1/s1. The number of aliphatic carboxylic acids is 1. The molecule has 0 radical (unpaired) electrons. The fourth-order valence-electron chi connectivity index (χ4n) is 2.33. The first-order chi connectivity index (χ1) is 11.9. The molecule has 0 bridgehead atoms. The molecule has 128 valence electrons. The Kier molecular flexibility index (Phi) is 5.79. The van der Waals surface area contributed by atoms with Gasteiger partial charge in [0.1, 0.15) is 17.7 Å². The molecule has 0 fully saturated rings. The van der Waals surface area contributed by atoms with Gasteiger partial charge in [0.15, 0.2) is 0 Å². The van der Waals surface area contributed by atoms with Crippen molar-refractivity contribution in [3.63, 3.8) is 0 Å². The zero-order valence-corrected chi connectivity index (χ0v) is 13.0. The zero-order valence-electron chi connectivity index (χ0n) is 13.0. The Balaban J connectivity index is 2.13. The van der Waals surface area contributed by atoms with Crippen molar-refractivity contribution in [2.75, 3.05) is 0 Å². The van der Waals surface area contributed by atoms with Crippen LogP contribution in [0.3, 0.4) is 0 Å². The van der Waals surface area contributed by atoms with Crippen molar-refractivity contribution in [2.24, 2.45) is 0 Å². The number of benzene rings is 2. The fourth-order valence-corrected chi connectivity index (χ4v) is 2.33. The minimum absolute atomic E-state index is 0.120. The van der Waals surface area contributed by atoms with E-state index in [9.17, 15) is 23.5 Å². The van der Waals surface area contributed by atoms with Crippen molar-refractivity contribution in [2.45, 2.75) is 18.9 Å². The molecule has 1 atom stereocenters. The Hall–Kier alpha value is -3.27. The molecule has 0 unspecified atom stereocenters. The second kappa shape index (κ2) is 8.02. The fraction of sp³-hybridized carbons (Fsp3) is 0.167. The first-order valence-corrected chi connectivity index (χ1v) is 7.35. The minimum atomic E-state index is -1.32. The van der Waals surface area contributed by atoms with Gasteiger partial charge in [-0.2, -0.15) is 5.26 Å². The predicted octanol–water partition coefficient (Wildman–Crippen LogP) is 2.19. The molecule has 25 heavy (non-hydrogen) atoms. The second-order valence-electron chi connectivity index (χ2n) is 5.31. The van der Waals surface area contributed by atoms with Gasteiger partial charge in [0.05, 0.1) is 18.1 Å². The van der Waals surface area contributed by atoms with Crippen LogP contribution in [0.15, 0.2) is 42.5 Å². The van der Waals surface area contributed by atoms with E-state index >= 15 is 0 Å². The van der Waals surface area contributed by atoms with E-state index in [1.54, 1.807) is 18.2 Å². The molecule has 0 aliphatic rings. The minimum Gasteiger partial charge on any atom is -0.480 e. The lowest BCUT2D eigenvalue weighted by atomic mass is 10.0. The molecule has 0 spiro atoms. The molecule has 7 heteroatoms. The maximum Gasteiger partial charge on any atom is 0.326 e. The highest BCUT2D eigenvalue weighted by atomic mass is 19.1. The van der Waals surface area contributed by atoms with Crippen LogP contribution in [0.25, 0.3) is 0 Å². The summed E-state index contributed by atoms with van der Waals surface area (Å²) in [4.78, 5) is 23.4. The van der Waals surface area contributed by atoms with Gasteiger partial charge in [0.2, 0.25) is 5.91 Å². The van der Waals surface area contributed by atoms with Crippen LogP contribution < -0.4 is 5.32 Å². The summed E-state index contributed by atoms with van der Waals surface area (Å²) in [5, 5.41) is 20.6.